The molecule has 1 aromatic carbocycles. The Morgan fingerprint density at radius 1 is 1.39 bits per heavy atom. The van der Waals surface area contributed by atoms with Gasteiger partial charge in [-0.25, -0.2) is 0 Å². The Hall–Kier alpha value is -1.41. The number of nitrogens with one attached hydrogen (secondary N) is 1. The third-order valence-electron chi connectivity index (χ3n) is 3.22. The molecule has 18 heavy (non-hydrogen) atoms. The van der Waals surface area contributed by atoms with Crippen molar-refractivity contribution >= 4 is 5.71 Å². The van der Waals surface area contributed by atoms with E-state index < -0.39 is 0 Å². The lowest BCUT2D eigenvalue weighted by Gasteiger charge is -2.09. The number of benzene rings is 1. The molecule has 0 saturated heterocycles. The Bertz CT molecular complexity index is 381. The molecular weight excluding hydrogens is 222 g/mol. The van der Waals surface area contributed by atoms with Gasteiger partial charge < -0.3 is 10.5 Å². The second-order valence-corrected chi connectivity index (χ2v) is 4.78. The second-order valence-electron chi connectivity index (χ2n) is 4.78. The van der Waals surface area contributed by atoms with E-state index in [1.807, 2.05) is 0 Å². The molecule has 1 aromatic rings. The summed E-state index contributed by atoms with van der Waals surface area (Å²) >= 11 is 0. The SMILES string of the molecule is C=CCO.Cc1ccc(CC2CCCC2=N)cc1. The highest BCUT2D eigenvalue weighted by Gasteiger charge is 2.20. The molecule has 2 heteroatoms. The van der Waals surface area contributed by atoms with Crippen LogP contribution in [0, 0.1) is 18.3 Å². The molecule has 1 atom stereocenters. The van der Waals surface area contributed by atoms with Gasteiger partial charge in [-0.1, -0.05) is 35.9 Å². The first-order valence-electron chi connectivity index (χ1n) is 6.52. The maximum absolute atomic E-state index is 7.80. The van der Waals surface area contributed by atoms with Gasteiger partial charge in [-0.05, 0) is 38.2 Å². The van der Waals surface area contributed by atoms with Crippen molar-refractivity contribution in [1.82, 2.24) is 0 Å². The average Bonchev–Trinajstić information content (AvgIpc) is 2.78. The van der Waals surface area contributed by atoms with E-state index in [0.717, 1.165) is 18.6 Å². The first-order chi connectivity index (χ1) is 8.67. The molecule has 0 amide bonds. The summed E-state index contributed by atoms with van der Waals surface area (Å²) in [5, 5.41) is 15.6. The number of aliphatic hydroxyl groups is 1. The van der Waals surface area contributed by atoms with Crippen LogP contribution < -0.4 is 0 Å². The van der Waals surface area contributed by atoms with Gasteiger partial charge >= 0.3 is 0 Å². The Morgan fingerprint density at radius 3 is 2.44 bits per heavy atom. The summed E-state index contributed by atoms with van der Waals surface area (Å²) in [6, 6.07) is 8.71. The molecule has 0 heterocycles. The standard InChI is InChI=1S/C13H17N.C3H6O/c1-10-5-7-11(8-6-10)9-12-3-2-4-13(12)14;1-2-3-4/h5-8,12,14H,2-4,9H2,1H3;2,4H,1,3H2. The smallest absolute Gasteiger partial charge is 0.0609 e. The Balaban J connectivity index is 0.000000357. The normalized spacial score (nSPS) is 18.1. The first kappa shape index (κ1) is 14.7. The number of rotatable bonds is 3. The van der Waals surface area contributed by atoms with E-state index in [9.17, 15) is 0 Å². The molecule has 0 aliphatic heterocycles. The van der Waals surface area contributed by atoms with Crippen LogP contribution in [0.25, 0.3) is 0 Å². The zero-order valence-electron chi connectivity index (χ0n) is 11.2. The topological polar surface area (TPSA) is 44.1 Å². The average molecular weight is 245 g/mol. The van der Waals surface area contributed by atoms with E-state index >= 15 is 0 Å². The van der Waals surface area contributed by atoms with Crippen molar-refractivity contribution in [1.29, 1.82) is 5.41 Å². The highest BCUT2D eigenvalue weighted by Crippen LogP contribution is 2.25. The molecule has 0 aromatic heterocycles. The van der Waals surface area contributed by atoms with Crippen molar-refractivity contribution in [3.05, 3.63) is 48.0 Å². The summed E-state index contributed by atoms with van der Waals surface area (Å²) in [5.41, 5.74) is 3.66. The molecular formula is C16H23NO. The van der Waals surface area contributed by atoms with Crippen LogP contribution in [-0.4, -0.2) is 17.4 Å². The minimum atomic E-state index is 0.0833. The van der Waals surface area contributed by atoms with Crippen molar-refractivity contribution in [2.24, 2.45) is 5.92 Å². The third-order valence-corrected chi connectivity index (χ3v) is 3.22. The van der Waals surface area contributed by atoms with Gasteiger partial charge in [-0.15, -0.1) is 6.58 Å². The molecule has 1 unspecified atom stereocenters. The zero-order valence-corrected chi connectivity index (χ0v) is 11.2. The minimum absolute atomic E-state index is 0.0833. The molecule has 2 rings (SSSR count). The molecule has 2 nitrogen and oxygen atoms in total. The quantitative estimate of drug-likeness (QED) is 0.786. The molecule has 1 fully saturated rings. The lowest BCUT2D eigenvalue weighted by molar-refractivity contribution is 0.343. The van der Waals surface area contributed by atoms with Crippen LogP contribution in [0.4, 0.5) is 0 Å². The number of aryl methyl sites for hydroxylation is 1. The van der Waals surface area contributed by atoms with Crippen LogP contribution in [0.5, 0.6) is 0 Å². The molecule has 2 N–H and O–H groups in total. The fraction of sp³-hybridized carbons (Fsp3) is 0.438. The van der Waals surface area contributed by atoms with Gasteiger partial charge in [-0.3, -0.25) is 0 Å². The predicted molar refractivity (Wildman–Crippen MR) is 77.2 cm³/mol. The Labute approximate surface area is 110 Å². The number of hydrogen-bond donors (Lipinski definition) is 2. The number of aliphatic hydroxyl groups excluding tert-OH is 1. The molecule has 0 spiro atoms. The van der Waals surface area contributed by atoms with E-state index in [2.05, 4.69) is 37.8 Å². The second kappa shape index (κ2) is 7.83. The third kappa shape index (κ3) is 4.84. The Morgan fingerprint density at radius 2 is 2.00 bits per heavy atom. The van der Waals surface area contributed by atoms with Gasteiger partial charge in [0.15, 0.2) is 0 Å². The molecule has 98 valence electrons. The summed E-state index contributed by atoms with van der Waals surface area (Å²) < 4.78 is 0. The van der Waals surface area contributed by atoms with Gasteiger partial charge in [-0.2, -0.15) is 0 Å². The highest BCUT2D eigenvalue weighted by atomic mass is 16.2. The van der Waals surface area contributed by atoms with Crippen molar-refractivity contribution in [2.75, 3.05) is 6.61 Å². The first-order valence-corrected chi connectivity index (χ1v) is 6.52. The molecule has 0 bridgehead atoms. The zero-order chi connectivity index (χ0) is 13.4. The maximum atomic E-state index is 7.80. The summed E-state index contributed by atoms with van der Waals surface area (Å²) in [5.74, 6) is 0.526. The van der Waals surface area contributed by atoms with Gasteiger partial charge in [0.05, 0.1) is 6.61 Å². The van der Waals surface area contributed by atoms with Crippen LogP contribution in [0.1, 0.15) is 30.4 Å². The van der Waals surface area contributed by atoms with Gasteiger partial charge in [0, 0.05) is 11.6 Å². The van der Waals surface area contributed by atoms with Crippen molar-refractivity contribution < 1.29 is 5.11 Å². The van der Waals surface area contributed by atoms with Crippen molar-refractivity contribution in [2.45, 2.75) is 32.6 Å². The highest BCUT2D eigenvalue weighted by molar-refractivity contribution is 5.85. The van der Waals surface area contributed by atoms with Crippen LogP contribution in [0.15, 0.2) is 36.9 Å². The Kier molecular flexibility index (Phi) is 6.37. The lowest BCUT2D eigenvalue weighted by atomic mass is 9.96. The van der Waals surface area contributed by atoms with E-state index in [1.54, 1.807) is 0 Å². The van der Waals surface area contributed by atoms with Crippen LogP contribution in [0.3, 0.4) is 0 Å². The van der Waals surface area contributed by atoms with Gasteiger partial charge in [0.1, 0.15) is 0 Å². The summed E-state index contributed by atoms with van der Waals surface area (Å²) in [6.45, 7) is 5.42. The van der Waals surface area contributed by atoms with E-state index in [4.69, 9.17) is 10.5 Å². The summed E-state index contributed by atoms with van der Waals surface area (Å²) in [6.07, 6.45) is 5.96. The minimum Gasteiger partial charge on any atom is -0.392 e. The molecule has 1 saturated carbocycles. The van der Waals surface area contributed by atoms with Crippen LogP contribution in [-0.2, 0) is 6.42 Å². The fourth-order valence-corrected chi connectivity index (χ4v) is 2.15. The van der Waals surface area contributed by atoms with Crippen LogP contribution >= 0.6 is 0 Å². The predicted octanol–water partition coefficient (Wildman–Crippen LogP) is 3.52. The maximum Gasteiger partial charge on any atom is 0.0609 e. The largest absolute Gasteiger partial charge is 0.392 e. The number of hydrogen-bond acceptors (Lipinski definition) is 2. The summed E-state index contributed by atoms with van der Waals surface area (Å²) in [4.78, 5) is 0. The van der Waals surface area contributed by atoms with Crippen LogP contribution in [0.2, 0.25) is 0 Å². The molecule has 0 radical (unpaired) electrons. The van der Waals surface area contributed by atoms with E-state index in [-0.39, 0.29) is 6.61 Å². The van der Waals surface area contributed by atoms with Gasteiger partial charge in [0.2, 0.25) is 0 Å². The van der Waals surface area contributed by atoms with Gasteiger partial charge in [0.25, 0.3) is 0 Å². The van der Waals surface area contributed by atoms with E-state index in [1.165, 1.54) is 30.0 Å². The lowest BCUT2D eigenvalue weighted by Crippen LogP contribution is -2.08. The molecule has 1 aliphatic rings. The van der Waals surface area contributed by atoms with E-state index in [0.29, 0.717) is 5.92 Å². The van der Waals surface area contributed by atoms with Crippen molar-refractivity contribution in [3.63, 3.8) is 0 Å². The fourth-order valence-electron chi connectivity index (χ4n) is 2.15. The molecule has 1 aliphatic carbocycles. The monoisotopic (exact) mass is 245 g/mol. The summed E-state index contributed by atoms with van der Waals surface area (Å²) in [7, 11) is 0. The van der Waals surface area contributed by atoms with Crippen molar-refractivity contribution in [3.8, 4) is 0 Å².